The van der Waals surface area contributed by atoms with Crippen LogP contribution in [0, 0.1) is 0 Å². The Bertz CT molecular complexity index is 1050. The Kier molecular flexibility index (Phi) is 4.60. The molecule has 138 valence electrons. The minimum absolute atomic E-state index is 0.0145. The highest BCUT2D eigenvalue weighted by Gasteiger charge is 2.37. The Morgan fingerprint density at radius 2 is 2.15 bits per heavy atom. The van der Waals surface area contributed by atoms with Crippen LogP contribution in [0.25, 0.3) is 16.7 Å². The van der Waals surface area contributed by atoms with Gasteiger partial charge in [-0.3, -0.25) is 13.5 Å². The zero-order valence-corrected chi connectivity index (χ0v) is 14.5. The number of fused-ring (bicyclic) bond motifs is 1. The van der Waals surface area contributed by atoms with E-state index in [0.717, 1.165) is 10.6 Å². The van der Waals surface area contributed by atoms with Crippen LogP contribution in [0.3, 0.4) is 0 Å². The summed E-state index contributed by atoms with van der Waals surface area (Å²) in [6, 6.07) is 5.17. The molecule has 0 amide bonds. The highest BCUT2D eigenvalue weighted by molar-refractivity contribution is 7.90. The summed E-state index contributed by atoms with van der Waals surface area (Å²) in [6.07, 6.45) is -3.28. The van der Waals surface area contributed by atoms with Crippen molar-refractivity contribution in [3.8, 4) is 11.4 Å². The van der Waals surface area contributed by atoms with Gasteiger partial charge in [-0.2, -0.15) is 13.2 Å². The first-order valence-electron chi connectivity index (χ1n) is 7.96. The molecule has 0 atom stereocenters. The molecule has 2 heterocycles. The lowest BCUT2D eigenvalue weighted by atomic mass is 10.2. The minimum atomic E-state index is -4.63. The van der Waals surface area contributed by atoms with Gasteiger partial charge in [0.1, 0.15) is 0 Å². The summed E-state index contributed by atoms with van der Waals surface area (Å²) in [6.45, 7) is 2.09. The lowest BCUT2D eigenvalue weighted by Gasteiger charge is -2.12. The van der Waals surface area contributed by atoms with E-state index in [-0.39, 0.29) is 28.5 Å². The molecule has 1 aromatic carbocycles. The van der Waals surface area contributed by atoms with Crippen molar-refractivity contribution in [3.63, 3.8) is 0 Å². The van der Waals surface area contributed by atoms with Crippen LogP contribution in [-0.2, 0) is 17.4 Å². The molecule has 0 saturated heterocycles. The van der Waals surface area contributed by atoms with Crippen molar-refractivity contribution < 1.29 is 22.9 Å². The Balaban J connectivity index is 2.23. The van der Waals surface area contributed by atoms with Gasteiger partial charge in [0.2, 0.25) is 18.1 Å². The predicted molar refractivity (Wildman–Crippen MR) is 91.2 cm³/mol. The SMILES string of the molecule is [3H]c1ccn(-c2cc3nc(C(F)(F)F)n(C)c3cc2OSOCC)c(=O)c1. The van der Waals surface area contributed by atoms with Gasteiger partial charge in [-0.1, -0.05) is 6.04 Å². The van der Waals surface area contributed by atoms with Crippen LogP contribution in [0.4, 0.5) is 13.2 Å². The number of benzene rings is 1. The Hall–Kier alpha value is -2.46. The van der Waals surface area contributed by atoms with Crippen LogP contribution >= 0.6 is 12.3 Å². The molecule has 0 fully saturated rings. The molecule has 0 aliphatic rings. The van der Waals surface area contributed by atoms with E-state index < -0.39 is 17.6 Å². The van der Waals surface area contributed by atoms with Gasteiger partial charge in [0, 0.05) is 25.4 Å². The van der Waals surface area contributed by atoms with Crippen molar-refractivity contribution in [3.05, 3.63) is 52.7 Å². The van der Waals surface area contributed by atoms with E-state index in [2.05, 4.69) is 4.98 Å². The topological polar surface area (TPSA) is 58.3 Å². The molecule has 0 unspecified atom stereocenters. The number of nitrogens with zero attached hydrogens (tertiary/aromatic N) is 3. The largest absolute Gasteiger partial charge is 0.449 e. The second-order valence-corrected chi connectivity index (χ2v) is 5.73. The highest BCUT2D eigenvalue weighted by atomic mass is 32.2. The zero-order valence-electron chi connectivity index (χ0n) is 14.7. The van der Waals surface area contributed by atoms with Gasteiger partial charge in [-0.25, -0.2) is 4.98 Å². The standard InChI is InChI=1S/C16H14F3N3O3S/c1-3-24-26-25-13-9-11-10(20-15(21(11)2)16(17,18)19)8-12(13)22-7-5-4-6-14(22)23/h4-9H,3H2,1-2H3/i4T. The summed E-state index contributed by atoms with van der Waals surface area (Å²) >= 11 is 0.647. The second kappa shape index (κ2) is 7.04. The van der Waals surface area contributed by atoms with Crippen LogP contribution in [0.5, 0.6) is 5.75 Å². The van der Waals surface area contributed by atoms with Crippen LogP contribution in [0.2, 0.25) is 0 Å². The van der Waals surface area contributed by atoms with Crippen molar-refractivity contribution in [2.75, 3.05) is 6.61 Å². The summed E-state index contributed by atoms with van der Waals surface area (Å²) in [5.74, 6) is -0.940. The van der Waals surface area contributed by atoms with Crippen molar-refractivity contribution in [2.45, 2.75) is 13.1 Å². The molecule has 6 nitrogen and oxygen atoms in total. The van der Waals surface area contributed by atoms with Crippen molar-refractivity contribution in [1.82, 2.24) is 14.1 Å². The van der Waals surface area contributed by atoms with Gasteiger partial charge >= 0.3 is 6.18 Å². The maximum absolute atomic E-state index is 13.2. The maximum atomic E-state index is 13.2. The molecule has 0 aliphatic heterocycles. The molecule has 0 N–H and O–H groups in total. The Morgan fingerprint density at radius 3 is 2.81 bits per heavy atom. The van der Waals surface area contributed by atoms with Gasteiger partial charge in [-0.15, -0.1) is 0 Å². The quantitative estimate of drug-likeness (QED) is 0.493. The van der Waals surface area contributed by atoms with E-state index in [1.807, 2.05) is 0 Å². The Morgan fingerprint density at radius 1 is 1.38 bits per heavy atom. The number of hydrogen-bond donors (Lipinski definition) is 0. The molecule has 0 bridgehead atoms. The third-order valence-electron chi connectivity index (χ3n) is 3.53. The molecule has 0 radical (unpaired) electrons. The number of alkyl halides is 3. The lowest BCUT2D eigenvalue weighted by molar-refractivity contribution is -0.146. The first-order chi connectivity index (χ1) is 12.7. The smallest absolute Gasteiger partial charge is 0.398 e. The van der Waals surface area contributed by atoms with Gasteiger partial charge in [0.05, 0.1) is 24.7 Å². The fourth-order valence-electron chi connectivity index (χ4n) is 2.40. The first-order valence-corrected chi connectivity index (χ1v) is 8.12. The number of rotatable bonds is 5. The minimum Gasteiger partial charge on any atom is -0.398 e. The second-order valence-electron chi connectivity index (χ2n) is 5.19. The average molecular weight is 387 g/mol. The van der Waals surface area contributed by atoms with E-state index in [1.165, 1.54) is 36.0 Å². The van der Waals surface area contributed by atoms with Gasteiger partial charge in [0.25, 0.3) is 5.56 Å². The molecule has 0 saturated carbocycles. The average Bonchev–Trinajstić information content (AvgIpc) is 2.91. The first kappa shape index (κ1) is 17.0. The van der Waals surface area contributed by atoms with Gasteiger partial charge in [0.15, 0.2) is 5.75 Å². The molecule has 0 spiro atoms. The monoisotopic (exact) mass is 387 g/mol. The number of pyridine rings is 1. The van der Waals surface area contributed by atoms with E-state index in [0.29, 0.717) is 18.9 Å². The van der Waals surface area contributed by atoms with Crippen molar-refractivity contribution in [1.29, 1.82) is 0 Å². The van der Waals surface area contributed by atoms with Crippen molar-refractivity contribution in [2.24, 2.45) is 7.05 Å². The molecule has 3 rings (SSSR count). The van der Waals surface area contributed by atoms with E-state index in [1.54, 1.807) is 6.92 Å². The van der Waals surface area contributed by atoms with Crippen LogP contribution in [-0.4, -0.2) is 20.7 Å². The molecular weight excluding hydrogens is 371 g/mol. The van der Waals surface area contributed by atoms with Crippen molar-refractivity contribution >= 4 is 23.4 Å². The predicted octanol–water partition coefficient (Wildman–Crippen LogP) is 3.72. The molecule has 0 aliphatic carbocycles. The normalized spacial score (nSPS) is 12.4. The highest BCUT2D eigenvalue weighted by Crippen LogP contribution is 2.35. The third kappa shape index (κ3) is 3.42. The van der Waals surface area contributed by atoms with Crippen LogP contribution in [0.1, 0.15) is 14.1 Å². The van der Waals surface area contributed by atoms with Gasteiger partial charge in [-0.05, 0) is 19.1 Å². The number of halogens is 3. The molecule has 26 heavy (non-hydrogen) atoms. The van der Waals surface area contributed by atoms with Gasteiger partial charge < -0.3 is 8.75 Å². The summed E-state index contributed by atoms with van der Waals surface area (Å²) < 4.78 is 59.5. The molecular formula is C16H14F3N3O3S. The molecule has 3 aromatic rings. The van der Waals surface area contributed by atoms with Crippen LogP contribution in [0.15, 0.2) is 41.3 Å². The number of imidazole rings is 1. The summed E-state index contributed by atoms with van der Waals surface area (Å²) in [5, 5.41) is 0. The fraction of sp³-hybridized carbons (Fsp3) is 0.250. The molecule has 2 aromatic heterocycles. The maximum Gasteiger partial charge on any atom is 0.449 e. The number of hydrogen-bond acceptors (Lipinski definition) is 5. The van der Waals surface area contributed by atoms with E-state index in [4.69, 9.17) is 9.74 Å². The van der Waals surface area contributed by atoms with E-state index >= 15 is 0 Å². The number of aryl methyl sites for hydroxylation is 1. The Labute approximate surface area is 152 Å². The van der Waals surface area contributed by atoms with E-state index in [9.17, 15) is 18.0 Å². The third-order valence-corrected chi connectivity index (χ3v) is 4.11. The number of aromatic nitrogens is 3. The summed E-state index contributed by atoms with van der Waals surface area (Å²) in [5.41, 5.74) is -0.106. The zero-order chi connectivity index (χ0) is 19.8. The van der Waals surface area contributed by atoms with Crippen LogP contribution < -0.4 is 9.74 Å². The summed E-state index contributed by atoms with van der Waals surface area (Å²) in [4.78, 5) is 15.9. The fourth-order valence-corrected chi connectivity index (χ4v) is 2.76. The lowest BCUT2D eigenvalue weighted by Crippen LogP contribution is -2.16. The molecule has 10 heteroatoms. The summed E-state index contributed by atoms with van der Waals surface area (Å²) in [7, 11) is 1.25.